The zero-order chi connectivity index (χ0) is 19.5. The highest BCUT2D eigenvalue weighted by Crippen LogP contribution is 2.52. The summed E-state index contributed by atoms with van der Waals surface area (Å²) in [5, 5.41) is 18.0. The molecule has 5 rings (SSSR count). The maximum Gasteiger partial charge on any atom is 0.405 e. The zero-order valence-corrected chi connectivity index (χ0v) is 18.3. The number of benzene rings is 1. The van der Waals surface area contributed by atoms with Crippen LogP contribution in [-0.2, 0) is 6.42 Å². The molecule has 2 aliphatic rings. The Morgan fingerprint density at radius 1 is 1.36 bits per heavy atom. The van der Waals surface area contributed by atoms with E-state index in [-0.39, 0.29) is 11.5 Å². The molecule has 1 fully saturated rings. The Morgan fingerprint density at radius 3 is 2.82 bits per heavy atom. The average Bonchev–Trinajstić information content (AvgIpc) is 3.29. The molecule has 0 saturated carbocycles. The number of hydrogen-bond acceptors (Lipinski definition) is 5. The first kappa shape index (κ1) is 18.2. The van der Waals surface area contributed by atoms with Gasteiger partial charge in [-0.3, -0.25) is 0 Å². The molecule has 1 spiro atoms. The van der Waals surface area contributed by atoms with Gasteiger partial charge in [-0.15, -0.1) is 5.10 Å². The number of fused-ring (bicyclic) bond motifs is 2. The number of nitrogens with zero attached hydrogens (tertiary/aromatic N) is 4. The molecule has 146 valence electrons. The molecular weight excluding hydrogens is 489 g/mol. The van der Waals surface area contributed by atoms with Crippen molar-refractivity contribution in [1.29, 1.82) is 0 Å². The van der Waals surface area contributed by atoms with E-state index in [9.17, 15) is 9.90 Å². The topological polar surface area (TPSA) is 82.8 Å². The summed E-state index contributed by atoms with van der Waals surface area (Å²) in [7, 11) is 0. The smallest absolute Gasteiger partial charge is 0.405 e. The Bertz CT molecular complexity index is 1070. The number of anilines is 1. The van der Waals surface area contributed by atoms with Gasteiger partial charge in [0.15, 0.2) is 0 Å². The fraction of sp³-hybridized carbons (Fsp3) is 0.421. The van der Waals surface area contributed by atoms with Crippen molar-refractivity contribution in [3.8, 4) is 0 Å². The zero-order valence-electron chi connectivity index (χ0n) is 15.4. The summed E-state index contributed by atoms with van der Waals surface area (Å²) in [5.74, 6) is 0. The van der Waals surface area contributed by atoms with E-state index in [2.05, 4.69) is 49.9 Å². The van der Waals surface area contributed by atoms with E-state index in [0.717, 1.165) is 57.4 Å². The van der Waals surface area contributed by atoms with E-state index in [0.29, 0.717) is 0 Å². The molecule has 7 nitrogen and oxygen atoms in total. The molecule has 1 aliphatic heterocycles. The Hall–Kier alpha value is -1.88. The summed E-state index contributed by atoms with van der Waals surface area (Å²) >= 11 is 3.86. The predicted molar refractivity (Wildman–Crippen MR) is 116 cm³/mol. The lowest BCUT2D eigenvalue weighted by molar-refractivity contribution is 0.141. The minimum atomic E-state index is -0.949. The first-order chi connectivity index (χ1) is 13.5. The van der Waals surface area contributed by atoms with Crippen LogP contribution in [0.2, 0.25) is 0 Å². The van der Waals surface area contributed by atoms with E-state index in [1.807, 2.05) is 23.6 Å². The molecular formula is C19H20IN5O2S. The third-order valence-corrected chi connectivity index (χ3v) is 8.17. The van der Waals surface area contributed by atoms with Crippen molar-refractivity contribution in [2.75, 3.05) is 18.0 Å². The summed E-state index contributed by atoms with van der Waals surface area (Å²) in [6.07, 6.45) is 1.85. The second kappa shape index (κ2) is 6.58. The monoisotopic (exact) mass is 509 g/mol. The van der Waals surface area contributed by atoms with Gasteiger partial charge in [-0.05, 0) is 59.9 Å². The van der Waals surface area contributed by atoms with E-state index < -0.39 is 6.09 Å². The number of hydrogen-bond donors (Lipinski definition) is 2. The van der Waals surface area contributed by atoms with E-state index in [4.69, 9.17) is 5.10 Å². The van der Waals surface area contributed by atoms with Gasteiger partial charge in [0, 0.05) is 18.5 Å². The second-order valence-electron chi connectivity index (χ2n) is 7.67. The Balaban J connectivity index is 1.40. The van der Waals surface area contributed by atoms with Crippen molar-refractivity contribution in [1.82, 2.24) is 19.9 Å². The van der Waals surface area contributed by atoms with Crippen LogP contribution < -0.4 is 10.2 Å². The van der Waals surface area contributed by atoms with Crippen LogP contribution in [0.25, 0.3) is 4.96 Å². The molecule has 0 radical (unpaired) electrons. The number of piperidine rings is 1. The highest BCUT2D eigenvalue weighted by Gasteiger charge is 2.48. The van der Waals surface area contributed by atoms with Crippen LogP contribution in [0.1, 0.15) is 35.7 Å². The van der Waals surface area contributed by atoms with Gasteiger partial charge in [-0.2, -0.15) is 0 Å². The first-order valence-electron chi connectivity index (χ1n) is 9.31. The Morgan fingerprint density at radius 2 is 2.11 bits per heavy atom. The van der Waals surface area contributed by atoms with Gasteiger partial charge in [0.2, 0.25) is 10.1 Å². The van der Waals surface area contributed by atoms with Gasteiger partial charge in [0.1, 0.15) is 3.70 Å². The van der Waals surface area contributed by atoms with Crippen molar-refractivity contribution in [3.63, 3.8) is 0 Å². The van der Waals surface area contributed by atoms with E-state index in [1.54, 1.807) is 11.3 Å². The number of amides is 1. The van der Waals surface area contributed by atoms with Gasteiger partial charge < -0.3 is 15.3 Å². The van der Waals surface area contributed by atoms with Gasteiger partial charge in [0.05, 0.1) is 11.7 Å². The molecule has 0 unspecified atom stereocenters. The summed E-state index contributed by atoms with van der Waals surface area (Å²) in [6.45, 7) is 3.78. The Labute approximate surface area is 179 Å². The van der Waals surface area contributed by atoms with Gasteiger partial charge >= 0.3 is 6.09 Å². The lowest BCUT2D eigenvalue weighted by atomic mass is 9.73. The van der Waals surface area contributed by atoms with Crippen molar-refractivity contribution < 1.29 is 9.90 Å². The fourth-order valence-electron chi connectivity index (χ4n) is 4.69. The van der Waals surface area contributed by atoms with Crippen molar-refractivity contribution in [3.05, 3.63) is 44.8 Å². The summed E-state index contributed by atoms with van der Waals surface area (Å²) in [6, 6.07) is 8.10. The number of rotatable bonds is 2. The van der Waals surface area contributed by atoms with Crippen molar-refractivity contribution in [2.24, 2.45) is 5.41 Å². The summed E-state index contributed by atoms with van der Waals surface area (Å²) in [4.78, 5) is 19.3. The van der Waals surface area contributed by atoms with Crippen LogP contribution >= 0.6 is 33.9 Å². The normalized spacial score (nSPS) is 20.6. The molecule has 1 atom stereocenters. The number of aromatic nitrogens is 3. The maximum absolute atomic E-state index is 11.5. The number of imidazole rings is 1. The standard InChI is InChI=1S/C19H20IN5O2S/c1-11-15(20)22-16-25(11)23-17(28-16)24-8-6-19(7-9-24)10-12-4-2-3-5-13(12)14(19)21-18(26)27/h2-5,14,21H,6-10H2,1H3,(H,26,27)/t14-/m1/s1. The van der Waals surface area contributed by atoms with Crippen LogP contribution in [0.3, 0.4) is 0 Å². The van der Waals surface area contributed by atoms with Crippen molar-refractivity contribution >= 4 is 50.1 Å². The fourth-order valence-corrected chi connectivity index (χ4v) is 6.31. The maximum atomic E-state index is 11.5. The summed E-state index contributed by atoms with van der Waals surface area (Å²) in [5.41, 5.74) is 3.42. The summed E-state index contributed by atoms with van der Waals surface area (Å²) < 4.78 is 2.92. The minimum absolute atomic E-state index is 0.0543. The first-order valence-corrected chi connectivity index (χ1v) is 11.2. The number of halogens is 1. The lowest BCUT2D eigenvalue weighted by Gasteiger charge is -2.43. The molecule has 9 heteroatoms. The number of aryl methyl sites for hydroxylation is 1. The lowest BCUT2D eigenvalue weighted by Crippen LogP contribution is -2.46. The van der Waals surface area contributed by atoms with Gasteiger partial charge in [-0.25, -0.2) is 14.3 Å². The van der Waals surface area contributed by atoms with Crippen LogP contribution in [0.4, 0.5) is 9.93 Å². The predicted octanol–water partition coefficient (Wildman–Crippen LogP) is 3.86. The highest BCUT2D eigenvalue weighted by atomic mass is 127. The molecule has 2 N–H and O–H groups in total. The molecule has 1 aromatic carbocycles. The largest absolute Gasteiger partial charge is 0.465 e. The third kappa shape index (κ3) is 2.78. The number of carboxylic acid groups (broad SMARTS) is 1. The third-order valence-electron chi connectivity index (χ3n) is 6.18. The molecule has 28 heavy (non-hydrogen) atoms. The highest BCUT2D eigenvalue weighted by molar-refractivity contribution is 14.1. The van der Waals surface area contributed by atoms with E-state index in [1.165, 1.54) is 5.56 Å². The van der Waals surface area contributed by atoms with Crippen LogP contribution in [0.5, 0.6) is 0 Å². The van der Waals surface area contributed by atoms with Gasteiger partial charge in [0.25, 0.3) is 0 Å². The van der Waals surface area contributed by atoms with Crippen LogP contribution in [0.15, 0.2) is 24.3 Å². The van der Waals surface area contributed by atoms with Crippen LogP contribution in [0, 0.1) is 16.0 Å². The number of carbonyl (C=O) groups is 1. The Kier molecular flexibility index (Phi) is 4.27. The molecule has 3 heterocycles. The van der Waals surface area contributed by atoms with Crippen LogP contribution in [-0.4, -0.2) is 38.9 Å². The quantitative estimate of drug-likeness (QED) is 0.513. The SMILES string of the molecule is Cc1c(I)nc2sc(N3CCC4(CC3)Cc3ccccc3[C@H]4NC(=O)O)nn12. The van der Waals surface area contributed by atoms with Crippen molar-refractivity contribution in [2.45, 2.75) is 32.2 Å². The average molecular weight is 509 g/mol. The molecule has 1 amide bonds. The second-order valence-corrected chi connectivity index (χ2v) is 9.63. The van der Waals surface area contributed by atoms with E-state index >= 15 is 0 Å². The molecule has 2 aromatic heterocycles. The minimum Gasteiger partial charge on any atom is -0.465 e. The molecule has 1 aliphatic carbocycles. The van der Waals surface area contributed by atoms with Gasteiger partial charge in [-0.1, -0.05) is 35.6 Å². The molecule has 1 saturated heterocycles. The molecule has 3 aromatic rings. The molecule has 0 bridgehead atoms. The number of nitrogens with one attached hydrogen (secondary N) is 1.